The molecule has 0 bridgehead atoms. The Morgan fingerprint density at radius 2 is 1.93 bits per heavy atom. The van der Waals surface area contributed by atoms with E-state index in [1.807, 2.05) is 32.0 Å². The average molecular weight is 399 g/mol. The van der Waals surface area contributed by atoms with E-state index in [1.165, 1.54) is 25.0 Å². The van der Waals surface area contributed by atoms with Crippen LogP contribution in [0, 0.1) is 24.0 Å². The van der Waals surface area contributed by atoms with Crippen LogP contribution in [-0.2, 0) is 0 Å². The first-order chi connectivity index (χ1) is 14.0. The normalized spacial score (nSPS) is 10.9. The number of ether oxygens (including phenoxy) is 2. The van der Waals surface area contributed by atoms with Crippen molar-refractivity contribution in [3.05, 3.63) is 57.1 Å². The molecule has 2 aromatic rings. The highest BCUT2D eigenvalue weighted by atomic mass is 16.6. The molecule has 7 heteroatoms. The highest BCUT2D eigenvalue weighted by Gasteiger charge is 2.22. The van der Waals surface area contributed by atoms with Crippen LogP contribution in [0.25, 0.3) is 0 Å². The fourth-order valence-electron chi connectivity index (χ4n) is 2.81. The van der Waals surface area contributed by atoms with Gasteiger partial charge in [-0.05, 0) is 49.6 Å². The summed E-state index contributed by atoms with van der Waals surface area (Å²) in [4.78, 5) is 11.1. The number of rotatable bonds is 11. The lowest BCUT2D eigenvalue weighted by Crippen LogP contribution is -2.04. The number of nitrogens with one attached hydrogen (secondary N) is 1. The molecule has 0 spiro atoms. The molecule has 0 aliphatic rings. The Kier molecular flexibility index (Phi) is 8.45. The van der Waals surface area contributed by atoms with Gasteiger partial charge in [0.15, 0.2) is 5.75 Å². The smallest absolute Gasteiger partial charge is 0.315 e. The van der Waals surface area contributed by atoms with Gasteiger partial charge in [-0.15, -0.1) is 0 Å². The highest BCUT2D eigenvalue weighted by Crippen LogP contribution is 2.38. The number of nitro benzene ring substituents is 1. The van der Waals surface area contributed by atoms with Crippen LogP contribution in [0.3, 0.4) is 0 Å². The van der Waals surface area contributed by atoms with Crippen LogP contribution in [0.1, 0.15) is 49.3 Å². The summed E-state index contributed by atoms with van der Waals surface area (Å²) >= 11 is 0. The Morgan fingerprint density at radius 1 is 1.14 bits per heavy atom. The van der Waals surface area contributed by atoms with Gasteiger partial charge in [0.1, 0.15) is 0 Å². The highest BCUT2D eigenvalue weighted by molar-refractivity contribution is 5.83. The first kappa shape index (κ1) is 22.2. The Labute approximate surface area is 171 Å². The zero-order valence-corrected chi connectivity index (χ0v) is 17.5. The molecule has 0 amide bonds. The number of benzene rings is 2. The Hall–Kier alpha value is -3.09. The number of hydrogen-bond donors (Lipinski definition) is 1. The molecule has 1 N–H and O–H groups in total. The maximum atomic E-state index is 11.6. The number of aryl methyl sites for hydroxylation is 2. The van der Waals surface area contributed by atoms with E-state index in [1.54, 1.807) is 6.07 Å². The standard InChI is InChI=1S/C22H29N3O4/c1-5-6-7-8-11-29-22-20(25(26)27)13-18(14-21(22)28-4)15-23-24-19-10-9-16(2)17(3)12-19/h9-10,12-15,24H,5-8,11H2,1-4H3/b23-15+. The number of nitrogens with zero attached hydrogens (tertiary/aromatic N) is 2. The van der Waals surface area contributed by atoms with Crippen molar-refractivity contribution in [3.8, 4) is 11.5 Å². The van der Waals surface area contributed by atoms with Gasteiger partial charge in [0, 0.05) is 11.6 Å². The zero-order chi connectivity index (χ0) is 21.2. The largest absolute Gasteiger partial charge is 0.493 e. The molecule has 0 aliphatic carbocycles. The molecular weight excluding hydrogens is 370 g/mol. The lowest BCUT2D eigenvalue weighted by Gasteiger charge is -2.12. The number of unbranched alkanes of at least 4 members (excludes halogenated alkanes) is 3. The molecule has 0 atom stereocenters. The predicted octanol–water partition coefficient (Wildman–Crippen LogP) is 5.63. The van der Waals surface area contributed by atoms with E-state index in [9.17, 15) is 10.1 Å². The zero-order valence-electron chi connectivity index (χ0n) is 17.5. The summed E-state index contributed by atoms with van der Waals surface area (Å²) < 4.78 is 11.0. The number of hydrazone groups is 1. The second kappa shape index (κ2) is 11.0. The van der Waals surface area contributed by atoms with Crippen molar-refractivity contribution in [2.24, 2.45) is 5.10 Å². The van der Waals surface area contributed by atoms with Crippen molar-refractivity contribution in [1.29, 1.82) is 0 Å². The first-order valence-electron chi connectivity index (χ1n) is 9.81. The van der Waals surface area contributed by atoms with Crippen LogP contribution in [0.5, 0.6) is 11.5 Å². The number of hydrogen-bond acceptors (Lipinski definition) is 6. The minimum atomic E-state index is -0.460. The van der Waals surface area contributed by atoms with E-state index < -0.39 is 4.92 Å². The maximum Gasteiger partial charge on any atom is 0.315 e. The van der Waals surface area contributed by atoms with E-state index in [2.05, 4.69) is 17.5 Å². The van der Waals surface area contributed by atoms with E-state index in [0.717, 1.165) is 36.9 Å². The molecule has 29 heavy (non-hydrogen) atoms. The van der Waals surface area contributed by atoms with E-state index in [0.29, 0.717) is 17.9 Å². The van der Waals surface area contributed by atoms with E-state index in [-0.39, 0.29) is 11.4 Å². The minimum Gasteiger partial charge on any atom is -0.493 e. The predicted molar refractivity (Wildman–Crippen MR) is 116 cm³/mol. The third kappa shape index (κ3) is 6.48. The van der Waals surface area contributed by atoms with Crippen molar-refractivity contribution in [2.75, 3.05) is 19.1 Å². The third-order valence-corrected chi connectivity index (χ3v) is 4.63. The van der Waals surface area contributed by atoms with Crippen LogP contribution in [-0.4, -0.2) is 24.9 Å². The van der Waals surface area contributed by atoms with Gasteiger partial charge in [-0.1, -0.05) is 32.3 Å². The SMILES string of the molecule is CCCCCCOc1c(OC)cc(/C=N/Nc2ccc(C)c(C)c2)cc1[N+](=O)[O-]. The second-order valence-corrected chi connectivity index (χ2v) is 6.91. The van der Waals surface area contributed by atoms with Gasteiger partial charge in [0.05, 0.1) is 30.5 Å². The van der Waals surface area contributed by atoms with Crippen molar-refractivity contribution < 1.29 is 14.4 Å². The van der Waals surface area contributed by atoms with Crippen molar-refractivity contribution in [3.63, 3.8) is 0 Å². The summed E-state index contributed by atoms with van der Waals surface area (Å²) in [6, 6.07) is 9.05. The summed E-state index contributed by atoms with van der Waals surface area (Å²) in [5.41, 5.74) is 6.56. The fourth-order valence-corrected chi connectivity index (χ4v) is 2.81. The summed E-state index contributed by atoms with van der Waals surface area (Å²) in [5, 5.41) is 15.7. The maximum absolute atomic E-state index is 11.6. The average Bonchev–Trinajstić information content (AvgIpc) is 2.70. The topological polar surface area (TPSA) is 86.0 Å². The fraction of sp³-hybridized carbons (Fsp3) is 0.409. The molecule has 0 saturated carbocycles. The van der Waals surface area contributed by atoms with Crippen molar-refractivity contribution in [2.45, 2.75) is 46.5 Å². The van der Waals surface area contributed by atoms with Gasteiger partial charge in [0.25, 0.3) is 0 Å². The quantitative estimate of drug-likeness (QED) is 0.229. The first-order valence-corrected chi connectivity index (χ1v) is 9.81. The number of methoxy groups -OCH3 is 1. The summed E-state index contributed by atoms with van der Waals surface area (Å²) in [7, 11) is 1.47. The van der Waals surface area contributed by atoms with Gasteiger partial charge in [-0.2, -0.15) is 5.10 Å². The monoisotopic (exact) mass is 399 g/mol. The second-order valence-electron chi connectivity index (χ2n) is 6.91. The summed E-state index contributed by atoms with van der Waals surface area (Å²) in [6.45, 7) is 6.61. The Bertz CT molecular complexity index is 865. The molecule has 0 heterocycles. The van der Waals surface area contributed by atoms with Crippen LogP contribution in [0.4, 0.5) is 11.4 Å². The van der Waals surface area contributed by atoms with Gasteiger partial charge >= 0.3 is 5.69 Å². The molecule has 2 rings (SSSR count). The van der Waals surface area contributed by atoms with E-state index >= 15 is 0 Å². The van der Waals surface area contributed by atoms with Gasteiger partial charge in [-0.25, -0.2) is 0 Å². The van der Waals surface area contributed by atoms with Crippen LogP contribution < -0.4 is 14.9 Å². The third-order valence-electron chi connectivity index (χ3n) is 4.63. The van der Waals surface area contributed by atoms with Gasteiger partial charge in [-0.3, -0.25) is 15.5 Å². The van der Waals surface area contributed by atoms with Gasteiger partial charge < -0.3 is 9.47 Å². The van der Waals surface area contributed by atoms with Crippen LogP contribution in [0.2, 0.25) is 0 Å². The molecule has 156 valence electrons. The summed E-state index contributed by atoms with van der Waals surface area (Å²) in [6.07, 6.45) is 5.63. The molecule has 0 fully saturated rings. The number of anilines is 1. The minimum absolute atomic E-state index is 0.132. The van der Waals surface area contributed by atoms with Crippen molar-refractivity contribution >= 4 is 17.6 Å². The molecule has 0 aromatic heterocycles. The van der Waals surface area contributed by atoms with Crippen LogP contribution >= 0.6 is 0 Å². The molecule has 0 saturated heterocycles. The Morgan fingerprint density at radius 3 is 2.59 bits per heavy atom. The van der Waals surface area contributed by atoms with Gasteiger partial charge in [0.2, 0.25) is 5.75 Å². The molecule has 0 aliphatic heterocycles. The molecule has 2 aromatic carbocycles. The molecule has 7 nitrogen and oxygen atoms in total. The summed E-state index contributed by atoms with van der Waals surface area (Å²) in [5.74, 6) is 0.482. The lowest BCUT2D eigenvalue weighted by molar-refractivity contribution is -0.386. The molecule has 0 radical (unpaired) electrons. The number of nitro groups is 1. The van der Waals surface area contributed by atoms with Crippen LogP contribution in [0.15, 0.2) is 35.4 Å². The lowest BCUT2D eigenvalue weighted by atomic mass is 10.1. The van der Waals surface area contributed by atoms with Crippen molar-refractivity contribution in [1.82, 2.24) is 0 Å². The molecule has 0 unspecified atom stereocenters. The Balaban J connectivity index is 2.16. The van der Waals surface area contributed by atoms with E-state index in [4.69, 9.17) is 9.47 Å². The molecular formula is C22H29N3O4.